The number of hydrogen-bond acceptors (Lipinski definition) is 7. The summed E-state index contributed by atoms with van der Waals surface area (Å²) in [6.07, 6.45) is 3.40. The van der Waals surface area contributed by atoms with Crippen LogP contribution in [-0.4, -0.2) is 26.1 Å². The van der Waals surface area contributed by atoms with Gasteiger partial charge in [-0.25, -0.2) is 0 Å². The van der Waals surface area contributed by atoms with Crippen LogP contribution in [0.4, 0.5) is 23.3 Å². The van der Waals surface area contributed by atoms with Crippen LogP contribution in [-0.2, 0) is 17.6 Å². The number of carbonyl (C=O) groups excluding carboxylic acids is 1. The molecule has 0 saturated carbocycles. The van der Waals surface area contributed by atoms with Gasteiger partial charge in [-0.2, -0.15) is 15.0 Å². The van der Waals surface area contributed by atoms with Gasteiger partial charge in [0.2, 0.25) is 17.8 Å². The lowest BCUT2D eigenvalue weighted by molar-refractivity contribution is -0.115. The van der Waals surface area contributed by atoms with Crippen molar-refractivity contribution in [1.29, 1.82) is 0 Å². The van der Waals surface area contributed by atoms with Crippen molar-refractivity contribution in [3.8, 4) is 0 Å². The molecule has 31 heavy (non-hydrogen) atoms. The van der Waals surface area contributed by atoms with Crippen LogP contribution in [0.25, 0.3) is 0 Å². The molecule has 1 aliphatic carbocycles. The van der Waals surface area contributed by atoms with Gasteiger partial charge in [-0.15, -0.1) is 11.8 Å². The average Bonchev–Trinajstić information content (AvgIpc) is 3.22. The van der Waals surface area contributed by atoms with E-state index in [1.165, 1.54) is 29.3 Å². The van der Waals surface area contributed by atoms with Crippen LogP contribution in [0.2, 0.25) is 0 Å². The minimum atomic E-state index is -0.285. The molecule has 0 fully saturated rings. The van der Waals surface area contributed by atoms with Crippen molar-refractivity contribution < 1.29 is 4.79 Å². The highest BCUT2D eigenvalue weighted by molar-refractivity contribution is 8.00. The van der Waals surface area contributed by atoms with Gasteiger partial charge < -0.3 is 16.4 Å². The van der Waals surface area contributed by atoms with Crippen molar-refractivity contribution in [3.63, 3.8) is 0 Å². The number of nitrogen functional groups attached to an aromatic ring is 1. The highest BCUT2D eigenvalue weighted by Gasteiger charge is 2.21. The van der Waals surface area contributed by atoms with E-state index in [9.17, 15) is 4.79 Å². The van der Waals surface area contributed by atoms with E-state index in [0.29, 0.717) is 11.8 Å². The van der Waals surface area contributed by atoms with E-state index in [-0.39, 0.29) is 22.4 Å². The zero-order valence-corrected chi connectivity index (χ0v) is 18.4. The van der Waals surface area contributed by atoms with Gasteiger partial charge in [0.05, 0.1) is 10.5 Å². The first-order valence-corrected chi connectivity index (χ1v) is 11.3. The molecule has 7 nitrogen and oxygen atoms in total. The predicted molar refractivity (Wildman–Crippen MR) is 127 cm³/mol. The van der Waals surface area contributed by atoms with Crippen LogP contribution >= 0.6 is 11.8 Å². The molecule has 1 heterocycles. The van der Waals surface area contributed by atoms with Gasteiger partial charge in [-0.1, -0.05) is 24.3 Å². The molecular weight excluding hydrogens is 408 g/mol. The normalized spacial score (nSPS) is 14.5. The molecule has 160 valence electrons. The van der Waals surface area contributed by atoms with Gasteiger partial charge in [0.15, 0.2) is 0 Å². The maximum Gasteiger partial charge on any atom is 0.237 e. The third kappa shape index (κ3) is 5.32. The Hall–Kier alpha value is -3.13. The second-order valence-electron chi connectivity index (χ2n) is 7.61. The number of benzene rings is 2. The molecule has 0 aliphatic heterocycles. The van der Waals surface area contributed by atoms with Crippen LogP contribution in [0.3, 0.4) is 0 Å². The molecule has 2 atom stereocenters. The summed E-state index contributed by atoms with van der Waals surface area (Å²) >= 11 is 1.48. The quantitative estimate of drug-likeness (QED) is 0.502. The molecule has 0 radical (unpaired) electrons. The Bertz CT molecular complexity index is 1070. The van der Waals surface area contributed by atoms with Crippen molar-refractivity contribution in [2.75, 3.05) is 16.4 Å². The largest absolute Gasteiger partial charge is 0.368 e. The summed E-state index contributed by atoms with van der Waals surface area (Å²) in [6, 6.07) is 15.8. The number of hydrogen-bond donors (Lipinski definition) is 3. The lowest BCUT2D eigenvalue weighted by atomic mass is 10.1. The third-order valence-electron chi connectivity index (χ3n) is 5.21. The van der Waals surface area contributed by atoms with Crippen LogP contribution in [0.5, 0.6) is 0 Å². The van der Waals surface area contributed by atoms with E-state index >= 15 is 0 Å². The standard InChI is InChI=1S/C23H26N6OS/c1-14(20-27-22(24)29-23(28-20)26-18-9-4-3-5-10-18)31-15(2)21(30)25-19-12-11-16-7-6-8-17(16)13-19/h3-5,9-15H,6-8H2,1-2H3,(H,25,30)(H3,24,26,27,28,29)/t14-,15+/m1/s1. The zero-order valence-electron chi connectivity index (χ0n) is 17.6. The molecule has 4 rings (SSSR count). The van der Waals surface area contributed by atoms with Gasteiger partial charge in [-0.3, -0.25) is 4.79 Å². The van der Waals surface area contributed by atoms with E-state index in [0.717, 1.165) is 24.2 Å². The molecule has 8 heteroatoms. The van der Waals surface area contributed by atoms with Crippen molar-refractivity contribution in [1.82, 2.24) is 15.0 Å². The Morgan fingerprint density at radius 2 is 1.77 bits per heavy atom. The Kier molecular flexibility index (Phi) is 6.36. The van der Waals surface area contributed by atoms with E-state index in [4.69, 9.17) is 5.73 Å². The van der Waals surface area contributed by atoms with Crippen LogP contribution in [0.15, 0.2) is 48.5 Å². The second-order valence-corrected chi connectivity index (χ2v) is 9.30. The molecule has 1 amide bonds. The number of fused-ring (bicyclic) bond motifs is 1. The zero-order chi connectivity index (χ0) is 21.8. The number of amides is 1. The van der Waals surface area contributed by atoms with Crippen LogP contribution in [0, 0.1) is 0 Å². The number of aromatic nitrogens is 3. The van der Waals surface area contributed by atoms with Gasteiger partial charge in [0.1, 0.15) is 5.82 Å². The van der Waals surface area contributed by atoms with Crippen LogP contribution < -0.4 is 16.4 Å². The molecule has 0 saturated heterocycles. The Morgan fingerprint density at radius 3 is 2.58 bits per heavy atom. The number of nitrogens with one attached hydrogen (secondary N) is 2. The van der Waals surface area contributed by atoms with E-state index in [1.54, 1.807) is 0 Å². The minimum absolute atomic E-state index is 0.0422. The number of aryl methyl sites for hydroxylation is 2. The number of para-hydroxylation sites is 1. The summed E-state index contributed by atoms with van der Waals surface area (Å²) in [6.45, 7) is 3.85. The number of rotatable bonds is 7. The van der Waals surface area contributed by atoms with E-state index in [1.807, 2.05) is 50.2 Å². The summed E-state index contributed by atoms with van der Waals surface area (Å²) < 4.78 is 0. The number of nitrogens with two attached hydrogens (primary N) is 1. The second kappa shape index (κ2) is 9.34. The topological polar surface area (TPSA) is 106 Å². The van der Waals surface area contributed by atoms with Crippen molar-refractivity contribution in [2.45, 2.75) is 43.6 Å². The summed E-state index contributed by atoms with van der Waals surface area (Å²) in [7, 11) is 0. The minimum Gasteiger partial charge on any atom is -0.368 e. The first kappa shape index (κ1) is 21.1. The van der Waals surface area contributed by atoms with E-state index in [2.05, 4.69) is 37.7 Å². The first-order valence-electron chi connectivity index (χ1n) is 10.4. The first-order chi connectivity index (χ1) is 15.0. The molecule has 1 aliphatic rings. The molecule has 4 N–H and O–H groups in total. The molecule has 0 unspecified atom stereocenters. The number of carbonyl (C=O) groups is 1. The highest BCUT2D eigenvalue weighted by Crippen LogP contribution is 2.31. The van der Waals surface area contributed by atoms with Gasteiger partial charge in [0, 0.05) is 11.4 Å². The fourth-order valence-electron chi connectivity index (χ4n) is 3.62. The predicted octanol–water partition coefficient (Wildman–Crippen LogP) is 4.51. The SMILES string of the molecule is C[C@H](S[C@H](C)c1nc(N)nc(Nc2ccccc2)n1)C(=O)Nc1ccc2c(c1)CCC2. The Morgan fingerprint density at radius 1 is 1.00 bits per heavy atom. The Balaban J connectivity index is 1.40. The fourth-order valence-corrected chi connectivity index (χ4v) is 4.64. The molecule has 2 aromatic carbocycles. The smallest absolute Gasteiger partial charge is 0.237 e. The lowest BCUT2D eigenvalue weighted by Gasteiger charge is -2.17. The Labute approximate surface area is 186 Å². The molecule has 0 bridgehead atoms. The fraction of sp³-hybridized carbons (Fsp3) is 0.304. The third-order valence-corrected chi connectivity index (χ3v) is 6.45. The summed E-state index contributed by atoms with van der Waals surface area (Å²) in [5, 5.41) is 5.75. The summed E-state index contributed by atoms with van der Waals surface area (Å²) in [4.78, 5) is 25.7. The van der Waals surface area contributed by atoms with E-state index < -0.39 is 0 Å². The number of nitrogens with zero attached hydrogens (tertiary/aromatic N) is 3. The maximum absolute atomic E-state index is 12.7. The van der Waals surface area contributed by atoms with Gasteiger partial charge in [0.25, 0.3) is 0 Å². The molecule has 0 spiro atoms. The number of anilines is 4. The molecular formula is C23H26N6OS. The lowest BCUT2D eigenvalue weighted by Crippen LogP contribution is -2.23. The van der Waals surface area contributed by atoms with Crippen LogP contribution in [0.1, 0.15) is 42.5 Å². The summed E-state index contributed by atoms with van der Waals surface area (Å²) in [5.74, 6) is 1.02. The monoisotopic (exact) mass is 434 g/mol. The van der Waals surface area contributed by atoms with Crippen molar-refractivity contribution >= 4 is 40.9 Å². The molecule has 1 aromatic heterocycles. The number of thioether (sulfide) groups is 1. The van der Waals surface area contributed by atoms with Gasteiger partial charge in [-0.05, 0) is 68.5 Å². The summed E-state index contributed by atoms with van der Waals surface area (Å²) in [5.41, 5.74) is 10.3. The maximum atomic E-state index is 12.7. The van der Waals surface area contributed by atoms with Crippen molar-refractivity contribution in [2.24, 2.45) is 0 Å². The van der Waals surface area contributed by atoms with Gasteiger partial charge >= 0.3 is 0 Å². The van der Waals surface area contributed by atoms with Crippen molar-refractivity contribution in [3.05, 3.63) is 65.5 Å². The average molecular weight is 435 g/mol. The highest BCUT2D eigenvalue weighted by atomic mass is 32.2. The molecule has 3 aromatic rings.